The van der Waals surface area contributed by atoms with Crippen molar-refractivity contribution in [1.82, 2.24) is 14.8 Å². The molecular formula is C29H33F2N3O5Si. The van der Waals surface area contributed by atoms with Gasteiger partial charge in [-0.05, 0) is 54.3 Å². The normalized spacial score (nSPS) is 13.8. The average Bonchev–Trinajstić information content (AvgIpc) is 3.59. The number of alkyl halides is 2. The van der Waals surface area contributed by atoms with Crippen LogP contribution >= 0.6 is 0 Å². The van der Waals surface area contributed by atoms with Gasteiger partial charge in [0.25, 0.3) is 5.56 Å². The zero-order chi connectivity index (χ0) is 28.4. The van der Waals surface area contributed by atoms with E-state index in [2.05, 4.69) is 34.6 Å². The Bertz CT molecular complexity index is 1560. The Balaban J connectivity index is 1.49. The smallest absolute Gasteiger partial charge is 0.387 e. The standard InChI is InChI=1S/C29H33F2N3O5Si/c1-40(2,3)14-13-37-17-34-12-11-21-27(34)22(32-33-28(21)36)15-18-5-4-6-23(35)26(18)19-7-10-24(39-29(30)31)25(16-19)38-20-8-9-20/h4-7,10-12,16,20,29,35H,8-9,13-15,17H2,1-3H3,(H,33,36). The minimum absolute atomic E-state index is 0.0168. The van der Waals surface area contributed by atoms with Crippen LogP contribution in [0.3, 0.4) is 0 Å². The Labute approximate surface area is 231 Å². The number of nitrogens with one attached hydrogen (secondary N) is 1. The van der Waals surface area contributed by atoms with Crippen molar-refractivity contribution in [3.63, 3.8) is 0 Å². The molecule has 8 nitrogen and oxygen atoms in total. The molecule has 0 spiro atoms. The molecule has 2 aromatic carbocycles. The molecular weight excluding hydrogens is 536 g/mol. The summed E-state index contributed by atoms with van der Waals surface area (Å²) in [6.45, 7) is 4.79. The average molecular weight is 570 g/mol. The number of benzene rings is 2. The molecule has 0 atom stereocenters. The Morgan fingerprint density at radius 3 is 2.67 bits per heavy atom. The summed E-state index contributed by atoms with van der Waals surface area (Å²) in [5.41, 5.74) is 2.78. The lowest BCUT2D eigenvalue weighted by atomic mass is 9.95. The number of aromatic hydroxyl groups is 1. The van der Waals surface area contributed by atoms with Crippen LogP contribution in [-0.4, -0.2) is 47.3 Å². The van der Waals surface area contributed by atoms with Crippen molar-refractivity contribution in [2.45, 2.75) is 64.4 Å². The maximum atomic E-state index is 13.0. The second kappa shape index (κ2) is 11.4. The first-order valence-corrected chi connectivity index (χ1v) is 17.0. The number of H-pyrrole nitrogens is 1. The summed E-state index contributed by atoms with van der Waals surface area (Å²) in [5.74, 6) is 0.158. The van der Waals surface area contributed by atoms with Crippen LogP contribution in [0.15, 0.2) is 53.5 Å². The summed E-state index contributed by atoms with van der Waals surface area (Å²) < 4.78 is 44.3. The highest BCUT2D eigenvalue weighted by molar-refractivity contribution is 6.76. The first kappa shape index (κ1) is 27.8. The molecule has 11 heteroatoms. The summed E-state index contributed by atoms with van der Waals surface area (Å²) in [5, 5.41) is 18.3. The highest BCUT2D eigenvalue weighted by Crippen LogP contribution is 2.41. The van der Waals surface area contributed by atoms with Crippen molar-refractivity contribution in [3.8, 4) is 28.4 Å². The van der Waals surface area contributed by atoms with Crippen LogP contribution < -0.4 is 15.0 Å². The van der Waals surface area contributed by atoms with Gasteiger partial charge >= 0.3 is 6.61 Å². The molecule has 2 N–H and O–H groups in total. The summed E-state index contributed by atoms with van der Waals surface area (Å²) in [6.07, 6.45) is 3.74. The van der Waals surface area contributed by atoms with Crippen molar-refractivity contribution in [2.24, 2.45) is 0 Å². The maximum absolute atomic E-state index is 13.0. The van der Waals surface area contributed by atoms with Crippen LogP contribution in [0.1, 0.15) is 24.1 Å². The topological polar surface area (TPSA) is 98.6 Å². The molecule has 40 heavy (non-hydrogen) atoms. The van der Waals surface area contributed by atoms with Gasteiger partial charge in [-0.3, -0.25) is 4.79 Å². The van der Waals surface area contributed by atoms with E-state index in [9.17, 15) is 18.7 Å². The number of halogens is 2. The van der Waals surface area contributed by atoms with Gasteiger partial charge in [0.2, 0.25) is 0 Å². The first-order chi connectivity index (χ1) is 19.1. The molecule has 2 heterocycles. The van der Waals surface area contributed by atoms with E-state index >= 15 is 0 Å². The number of ether oxygens (including phenoxy) is 3. The van der Waals surface area contributed by atoms with Crippen LogP contribution in [0.4, 0.5) is 8.78 Å². The molecule has 1 saturated carbocycles. The minimum Gasteiger partial charge on any atom is -0.507 e. The summed E-state index contributed by atoms with van der Waals surface area (Å²) in [7, 11) is -1.25. The maximum Gasteiger partial charge on any atom is 0.387 e. The number of phenols is 1. The van der Waals surface area contributed by atoms with E-state index < -0.39 is 14.7 Å². The fraction of sp³-hybridized carbons (Fsp3) is 0.379. The molecule has 0 amide bonds. The van der Waals surface area contributed by atoms with Crippen molar-refractivity contribution in [3.05, 3.63) is 70.3 Å². The lowest BCUT2D eigenvalue weighted by Crippen LogP contribution is -2.22. The molecule has 0 radical (unpaired) electrons. The SMILES string of the molecule is C[Si](C)(C)CCOCn1ccc2c(=O)[nH]nc(Cc3cccc(O)c3-c3ccc(OC(F)F)c(OC4CC4)c3)c21. The zero-order valence-corrected chi connectivity index (χ0v) is 23.7. The van der Waals surface area contributed by atoms with E-state index in [4.69, 9.17) is 9.47 Å². The van der Waals surface area contributed by atoms with Gasteiger partial charge in [0.05, 0.1) is 22.7 Å². The number of nitrogens with zero attached hydrogens (tertiary/aromatic N) is 2. The van der Waals surface area contributed by atoms with E-state index in [1.807, 2.05) is 16.8 Å². The molecule has 5 rings (SSSR count). The van der Waals surface area contributed by atoms with Crippen LogP contribution in [0.5, 0.6) is 17.2 Å². The van der Waals surface area contributed by atoms with Gasteiger partial charge in [-0.25, -0.2) is 5.10 Å². The largest absolute Gasteiger partial charge is 0.507 e. The number of aromatic nitrogens is 3. The summed E-state index contributed by atoms with van der Waals surface area (Å²) >= 11 is 0. The molecule has 0 bridgehead atoms. The zero-order valence-electron chi connectivity index (χ0n) is 22.7. The van der Waals surface area contributed by atoms with Crippen molar-refractivity contribution >= 4 is 19.0 Å². The third-order valence-corrected chi connectivity index (χ3v) is 8.46. The minimum atomic E-state index is -2.99. The van der Waals surface area contributed by atoms with Gasteiger partial charge in [0.1, 0.15) is 12.5 Å². The van der Waals surface area contributed by atoms with E-state index in [0.717, 1.165) is 24.4 Å². The van der Waals surface area contributed by atoms with Crippen molar-refractivity contribution in [2.75, 3.05) is 6.61 Å². The van der Waals surface area contributed by atoms with E-state index in [0.29, 0.717) is 34.3 Å². The van der Waals surface area contributed by atoms with Gasteiger partial charge < -0.3 is 23.9 Å². The lowest BCUT2D eigenvalue weighted by molar-refractivity contribution is -0.0516. The second-order valence-electron chi connectivity index (χ2n) is 11.2. The highest BCUT2D eigenvalue weighted by atomic mass is 28.3. The number of hydrogen-bond acceptors (Lipinski definition) is 6. The van der Waals surface area contributed by atoms with Crippen molar-refractivity contribution in [1.29, 1.82) is 0 Å². The van der Waals surface area contributed by atoms with Crippen LogP contribution in [0.2, 0.25) is 25.7 Å². The number of hydrogen-bond donors (Lipinski definition) is 2. The van der Waals surface area contributed by atoms with Gasteiger partial charge in [0.15, 0.2) is 11.5 Å². The lowest BCUT2D eigenvalue weighted by Gasteiger charge is -2.17. The van der Waals surface area contributed by atoms with Crippen LogP contribution in [-0.2, 0) is 17.9 Å². The Morgan fingerprint density at radius 1 is 1.15 bits per heavy atom. The van der Waals surface area contributed by atoms with E-state index in [-0.39, 0.29) is 42.1 Å². The van der Waals surface area contributed by atoms with Gasteiger partial charge in [-0.1, -0.05) is 37.8 Å². The molecule has 0 saturated heterocycles. The van der Waals surface area contributed by atoms with E-state index in [1.165, 1.54) is 6.07 Å². The third-order valence-electron chi connectivity index (χ3n) is 6.75. The molecule has 1 aliphatic carbocycles. The first-order valence-electron chi connectivity index (χ1n) is 13.3. The van der Waals surface area contributed by atoms with Gasteiger partial charge in [0, 0.05) is 32.9 Å². The molecule has 2 aromatic heterocycles. The highest BCUT2D eigenvalue weighted by Gasteiger charge is 2.26. The summed E-state index contributed by atoms with van der Waals surface area (Å²) in [6, 6.07) is 12.6. The number of phenolic OH excluding ortho intramolecular Hbond substituents is 1. The fourth-order valence-electron chi connectivity index (χ4n) is 4.54. The van der Waals surface area contributed by atoms with Crippen LogP contribution in [0, 0.1) is 0 Å². The second-order valence-corrected chi connectivity index (χ2v) is 16.9. The monoisotopic (exact) mass is 569 g/mol. The summed E-state index contributed by atoms with van der Waals surface area (Å²) in [4.78, 5) is 12.6. The Hall–Kier alpha value is -3.70. The van der Waals surface area contributed by atoms with Gasteiger partial charge in [-0.2, -0.15) is 13.9 Å². The molecule has 0 aliphatic heterocycles. The van der Waals surface area contributed by atoms with Crippen LogP contribution in [0.25, 0.3) is 22.0 Å². The molecule has 4 aromatic rings. The van der Waals surface area contributed by atoms with Crippen molar-refractivity contribution < 1.29 is 28.1 Å². The molecule has 0 unspecified atom stereocenters. The Morgan fingerprint density at radius 2 is 1.95 bits per heavy atom. The number of fused-ring (bicyclic) bond motifs is 1. The predicted molar refractivity (Wildman–Crippen MR) is 151 cm³/mol. The predicted octanol–water partition coefficient (Wildman–Crippen LogP) is 6.14. The van der Waals surface area contributed by atoms with E-state index in [1.54, 1.807) is 30.3 Å². The third kappa shape index (κ3) is 6.53. The number of aromatic amines is 1. The fourth-order valence-corrected chi connectivity index (χ4v) is 5.30. The molecule has 1 fully saturated rings. The molecule has 1 aliphatic rings. The molecule has 212 valence electrons. The van der Waals surface area contributed by atoms with Gasteiger partial charge in [-0.15, -0.1) is 0 Å². The quantitative estimate of drug-likeness (QED) is 0.157. The Kier molecular flexibility index (Phi) is 7.95. The number of rotatable bonds is 12.